The number of nitrogens with zero attached hydrogens (tertiary/aromatic N) is 2. The average molecular weight is 287 g/mol. The van der Waals surface area contributed by atoms with Crippen LogP contribution >= 0.6 is 11.6 Å². The highest BCUT2D eigenvalue weighted by Crippen LogP contribution is 2.36. The molecule has 2 aromatic heterocycles. The van der Waals surface area contributed by atoms with Gasteiger partial charge in [-0.1, -0.05) is 17.7 Å². The van der Waals surface area contributed by atoms with E-state index in [9.17, 15) is 4.79 Å². The first-order chi connectivity index (χ1) is 9.61. The van der Waals surface area contributed by atoms with Crippen molar-refractivity contribution in [3.8, 4) is 11.3 Å². The van der Waals surface area contributed by atoms with Crippen LogP contribution in [0.5, 0.6) is 0 Å². The minimum absolute atomic E-state index is 0.0871. The van der Waals surface area contributed by atoms with Crippen molar-refractivity contribution in [3.63, 3.8) is 0 Å². The SMILES string of the molecule is CC(=O)c1c(C)c(-c2cccnc2Cl)n2c1C=CCC2. The lowest BCUT2D eigenvalue weighted by Crippen LogP contribution is -2.07. The third kappa shape index (κ3) is 1.90. The minimum Gasteiger partial charge on any atom is -0.340 e. The standard InChI is InChI=1S/C16H15ClN2O/c1-10-14(11(2)20)13-7-3-4-9-19(13)15(10)12-6-5-8-18-16(12)17/h3,5-8H,4,9H2,1-2H3. The monoisotopic (exact) mass is 286 g/mol. The molecule has 0 aliphatic carbocycles. The topological polar surface area (TPSA) is 34.9 Å². The lowest BCUT2D eigenvalue weighted by atomic mass is 10.0. The molecule has 1 aliphatic heterocycles. The molecule has 0 saturated heterocycles. The highest BCUT2D eigenvalue weighted by Gasteiger charge is 2.24. The second-order valence-electron chi connectivity index (χ2n) is 4.97. The molecule has 20 heavy (non-hydrogen) atoms. The van der Waals surface area contributed by atoms with Gasteiger partial charge in [-0.25, -0.2) is 4.98 Å². The van der Waals surface area contributed by atoms with E-state index in [1.54, 1.807) is 13.1 Å². The van der Waals surface area contributed by atoms with E-state index in [0.717, 1.165) is 41.0 Å². The van der Waals surface area contributed by atoms with Crippen molar-refractivity contribution in [3.05, 3.63) is 46.4 Å². The predicted octanol–water partition coefficient (Wildman–Crippen LogP) is 4.13. The largest absolute Gasteiger partial charge is 0.340 e. The van der Waals surface area contributed by atoms with E-state index < -0.39 is 0 Å². The molecule has 0 radical (unpaired) electrons. The van der Waals surface area contributed by atoms with E-state index in [0.29, 0.717) is 5.15 Å². The van der Waals surface area contributed by atoms with Crippen molar-refractivity contribution in [1.29, 1.82) is 0 Å². The molecule has 0 amide bonds. The molecule has 0 atom stereocenters. The number of aromatic nitrogens is 2. The van der Waals surface area contributed by atoms with Crippen LogP contribution in [0.4, 0.5) is 0 Å². The number of carbonyl (C=O) groups excluding carboxylic acids is 1. The van der Waals surface area contributed by atoms with Crippen LogP contribution in [0.3, 0.4) is 0 Å². The normalized spacial score (nSPS) is 13.3. The number of Topliss-reactive ketones (excluding diaryl/α,β-unsaturated/α-hetero) is 1. The van der Waals surface area contributed by atoms with E-state index >= 15 is 0 Å². The smallest absolute Gasteiger partial charge is 0.162 e. The Morgan fingerprint density at radius 3 is 2.95 bits per heavy atom. The van der Waals surface area contributed by atoms with Crippen LogP contribution in [0, 0.1) is 6.92 Å². The molecule has 3 rings (SSSR count). The molecule has 0 bridgehead atoms. The Balaban J connectivity index is 2.35. The fourth-order valence-corrected chi connectivity index (χ4v) is 3.14. The third-order valence-electron chi connectivity index (χ3n) is 3.71. The van der Waals surface area contributed by atoms with Crippen molar-refractivity contribution < 1.29 is 4.79 Å². The number of halogens is 1. The first-order valence-electron chi connectivity index (χ1n) is 6.62. The van der Waals surface area contributed by atoms with Crippen LogP contribution in [-0.4, -0.2) is 15.3 Å². The van der Waals surface area contributed by atoms with Crippen LogP contribution in [0.15, 0.2) is 24.4 Å². The number of rotatable bonds is 2. The highest BCUT2D eigenvalue weighted by atomic mass is 35.5. The van der Waals surface area contributed by atoms with Gasteiger partial charge in [-0.2, -0.15) is 0 Å². The van der Waals surface area contributed by atoms with E-state index in [-0.39, 0.29) is 5.78 Å². The number of hydrogen-bond donors (Lipinski definition) is 0. The van der Waals surface area contributed by atoms with Gasteiger partial charge in [-0.15, -0.1) is 0 Å². The molecular formula is C16H15ClN2O. The van der Waals surface area contributed by atoms with Crippen molar-refractivity contribution in [1.82, 2.24) is 9.55 Å². The number of fused-ring (bicyclic) bond motifs is 1. The lowest BCUT2D eigenvalue weighted by molar-refractivity contribution is 0.101. The second kappa shape index (κ2) is 4.91. The van der Waals surface area contributed by atoms with E-state index in [1.165, 1.54) is 0 Å². The summed E-state index contributed by atoms with van der Waals surface area (Å²) in [5, 5.41) is 0.473. The van der Waals surface area contributed by atoms with Gasteiger partial charge < -0.3 is 4.57 Å². The molecule has 2 aromatic rings. The summed E-state index contributed by atoms with van der Waals surface area (Å²) in [5.41, 5.74) is 4.64. The zero-order chi connectivity index (χ0) is 14.3. The molecule has 0 unspecified atom stereocenters. The molecule has 0 aromatic carbocycles. The molecule has 4 heteroatoms. The number of hydrogen-bond acceptors (Lipinski definition) is 2. The summed E-state index contributed by atoms with van der Waals surface area (Å²) < 4.78 is 2.18. The predicted molar refractivity (Wildman–Crippen MR) is 81.1 cm³/mol. The summed E-state index contributed by atoms with van der Waals surface area (Å²) in [6.45, 7) is 4.45. The first kappa shape index (κ1) is 13.1. The van der Waals surface area contributed by atoms with Crippen LogP contribution in [0.1, 0.15) is 35.0 Å². The molecule has 0 N–H and O–H groups in total. The maximum Gasteiger partial charge on any atom is 0.162 e. The molecule has 0 fully saturated rings. The Labute approximate surface area is 122 Å². The van der Waals surface area contributed by atoms with E-state index in [2.05, 4.69) is 15.6 Å². The lowest BCUT2D eigenvalue weighted by Gasteiger charge is -2.15. The molecule has 0 spiro atoms. The maximum atomic E-state index is 12.0. The molecular weight excluding hydrogens is 272 g/mol. The number of allylic oxidation sites excluding steroid dienone is 1. The summed E-state index contributed by atoms with van der Waals surface area (Å²) in [6.07, 6.45) is 6.77. The van der Waals surface area contributed by atoms with Crippen LogP contribution in [0.2, 0.25) is 5.15 Å². The van der Waals surface area contributed by atoms with Gasteiger partial charge in [0.25, 0.3) is 0 Å². The van der Waals surface area contributed by atoms with Crippen molar-refractivity contribution in [2.45, 2.75) is 26.8 Å². The number of pyridine rings is 1. The Kier molecular flexibility index (Phi) is 3.22. The highest BCUT2D eigenvalue weighted by molar-refractivity contribution is 6.32. The zero-order valence-corrected chi connectivity index (χ0v) is 12.2. The summed E-state index contributed by atoms with van der Waals surface area (Å²) >= 11 is 6.23. The molecule has 1 aliphatic rings. The van der Waals surface area contributed by atoms with Crippen molar-refractivity contribution in [2.75, 3.05) is 0 Å². The fraction of sp³-hybridized carbons (Fsp3) is 0.250. The summed E-state index contributed by atoms with van der Waals surface area (Å²) in [6, 6.07) is 3.82. The van der Waals surface area contributed by atoms with Crippen molar-refractivity contribution in [2.24, 2.45) is 0 Å². The Bertz CT molecular complexity index is 728. The summed E-state index contributed by atoms with van der Waals surface area (Å²) in [5.74, 6) is 0.0871. The third-order valence-corrected chi connectivity index (χ3v) is 4.01. The molecule has 0 saturated carbocycles. The van der Waals surface area contributed by atoms with Gasteiger partial charge in [0.1, 0.15) is 5.15 Å². The minimum atomic E-state index is 0.0871. The molecule has 3 heterocycles. The van der Waals surface area contributed by atoms with Crippen molar-refractivity contribution >= 4 is 23.5 Å². The summed E-state index contributed by atoms with van der Waals surface area (Å²) in [4.78, 5) is 16.1. The Morgan fingerprint density at radius 2 is 2.25 bits per heavy atom. The first-order valence-corrected chi connectivity index (χ1v) is 7.00. The van der Waals surface area contributed by atoms with Crippen LogP contribution in [-0.2, 0) is 6.54 Å². The van der Waals surface area contributed by atoms with Crippen LogP contribution in [0.25, 0.3) is 17.3 Å². The molecule has 102 valence electrons. The Hall–Kier alpha value is -1.87. The second-order valence-corrected chi connectivity index (χ2v) is 5.33. The molecule has 3 nitrogen and oxygen atoms in total. The van der Waals surface area contributed by atoms with E-state index in [1.807, 2.05) is 25.1 Å². The van der Waals surface area contributed by atoms with Gasteiger partial charge >= 0.3 is 0 Å². The summed E-state index contributed by atoms with van der Waals surface area (Å²) in [7, 11) is 0. The van der Waals surface area contributed by atoms with Gasteiger partial charge in [0.15, 0.2) is 5.78 Å². The number of carbonyl (C=O) groups is 1. The quantitative estimate of drug-likeness (QED) is 0.614. The Morgan fingerprint density at radius 1 is 1.45 bits per heavy atom. The average Bonchev–Trinajstić information content (AvgIpc) is 2.71. The van der Waals surface area contributed by atoms with E-state index in [4.69, 9.17) is 11.6 Å². The maximum absolute atomic E-state index is 12.0. The van der Waals surface area contributed by atoms with Gasteiger partial charge in [0, 0.05) is 23.9 Å². The van der Waals surface area contributed by atoms with Gasteiger partial charge in [0.2, 0.25) is 0 Å². The number of ketones is 1. The van der Waals surface area contributed by atoms with Gasteiger partial charge in [-0.3, -0.25) is 4.79 Å². The fourth-order valence-electron chi connectivity index (χ4n) is 2.93. The van der Waals surface area contributed by atoms with Gasteiger partial charge in [-0.05, 0) is 44.0 Å². The van der Waals surface area contributed by atoms with Gasteiger partial charge in [0.05, 0.1) is 11.4 Å². The zero-order valence-electron chi connectivity index (χ0n) is 11.5. The van der Waals surface area contributed by atoms with Crippen LogP contribution < -0.4 is 0 Å².